The van der Waals surface area contributed by atoms with E-state index in [1.165, 1.54) is 5.56 Å². The molecular weight excluding hydrogens is 214 g/mol. The fraction of sp³-hybridized carbons (Fsp3) is 0.571. The zero-order chi connectivity index (χ0) is 12.3. The number of benzene rings is 1. The summed E-state index contributed by atoms with van der Waals surface area (Å²) in [6, 6.07) is 8.95. The molecule has 0 aliphatic carbocycles. The van der Waals surface area contributed by atoms with Crippen LogP contribution in [0.5, 0.6) is 5.75 Å². The molecule has 1 aliphatic rings. The number of rotatable bonds is 4. The Morgan fingerprint density at radius 1 is 1.35 bits per heavy atom. The molecule has 0 amide bonds. The van der Waals surface area contributed by atoms with E-state index in [0.717, 1.165) is 18.8 Å². The molecule has 0 aromatic heterocycles. The van der Waals surface area contributed by atoms with E-state index in [1.54, 1.807) is 7.11 Å². The maximum absolute atomic E-state index is 5.65. The summed E-state index contributed by atoms with van der Waals surface area (Å²) in [5, 5.41) is 3.62. The molecule has 3 atom stereocenters. The van der Waals surface area contributed by atoms with Crippen LogP contribution in [0.1, 0.15) is 31.9 Å². The average molecular weight is 235 g/mol. The summed E-state index contributed by atoms with van der Waals surface area (Å²) in [5.74, 6) is 1.01. The Morgan fingerprint density at radius 2 is 2.12 bits per heavy atom. The van der Waals surface area contributed by atoms with Crippen molar-refractivity contribution in [1.29, 1.82) is 0 Å². The third-order valence-corrected chi connectivity index (χ3v) is 3.50. The second kappa shape index (κ2) is 5.52. The maximum Gasteiger partial charge on any atom is 0.124 e. The van der Waals surface area contributed by atoms with Crippen LogP contribution in [0.3, 0.4) is 0 Å². The molecule has 1 heterocycles. The maximum atomic E-state index is 5.65. The number of para-hydroxylation sites is 1. The third-order valence-electron chi connectivity index (χ3n) is 3.50. The standard InChI is InChI=1S/C14H21NO2/c1-10(11(2)16-3)15-13-8-9-17-14-7-5-4-6-12(13)14/h4-7,10-11,13,15H,8-9H2,1-3H3. The molecule has 1 N–H and O–H groups in total. The Labute approximate surface area is 103 Å². The van der Waals surface area contributed by atoms with Gasteiger partial charge in [-0.1, -0.05) is 18.2 Å². The third kappa shape index (κ3) is 2.79. The Morgan fingerprint density at radius 3 is 2.88 bits per heavy atom. The van der Waals surface area contributed by atoms with Crippen LogP contribution in [0.2, 0.25) is 0 Å². The van der Waals surface area contributed by atoms with Crippen molar-refractivity contribution in [2.45, 2.75) is 38.5 Å². The molecule has 3 heteroatoms. The SMILES string of the molecule is COC(C)C(C)NC1CCOc2ccccc21. The molecule has 3 nitrogen and oxygen atoms in total. The van der Waals surface area contributed by atoms with Gasteiger partial charge in [-0.05, 0) is 19.9 Å². The first-order chi connectivity index (χ1) is 8.22. The topological polar surface area (TPSA) is 30.5 Å². The first kappa shape index (κ1) is 12.4. The van der Waals surface area contributed by atoms with Gasteiger partial charge in [-0.3, -0.25) is 0 Å². The summed E-state index contributed by atoms with van der Waals surface area (Å²) in [6.45, 7) is 5.03. The van der Waals surface area contributed by atoms with Crippen LogP contribution in [0, 0.1) is 0 Å². The van der Waals surface area contributed by atoms with Gasteiger partial charge in [-0.2, -0.15) is 0 Å². The van der Waals surface area contributed by atoms with E-state index in [2.05, 4.69) is 31.3 Å². The molecule has 0 saturated carbocycles. The summed E-state index contributed by atoms with van der Waals surface area (Å²) in [6.07, 6.45) is 1.22. The summed E-state index contributed by atoms with van der Waals surface area (Å²) in [5.41, 5.74) is 1.26. The van der Waals surface area contributed by atoms with Crippen LogP contribution >= 0.6 is 0 Å². The lowest BCUT2D eigenvalue weighted by atomic mass is 9.99. The molecule has 3 unspecified atom stereocenters. The van der Waals surface area contributed by atoms with Crippen molar-refractivity contribution in [3.05, 3.63) is 29.8 Å². The zero-order valence-corrected chi connectivity index (χ0v) is 10.8. The number of ether oxygens (including phenoxy) is 2. The zero-order valence-electron chi connectivity index (χ0n) is 10.8. The van der Waals surface area contributed by atoms with E-state index in [4.69, 9.17) is 9.47 Å². The van der Waals surface area contributed by atoms with Crippen molar-refractivity contribution >= 4 is 0 Å². The number of fused-ring (bicyclic) bond motifs is 1. The highest BCUT2D eigenvalue weighted by Crippen LogP contribution is 2.31. The summed E-state index contributed by atoms with van der Waals surface area (Å²) in [4.78, 5) is 0. The molecule has 2 rings (SSSR count). The molecule has 0 bridgehead atoms. The van der Waals surface area contributed by atoms with E-state index < -0.39 is 0 Å². The first-order valence-corrected chi connectivity index (χ1v) is 6.23. The lowest BCUT2D eigenvalue weighted by Crippen LogP contribution is -2.40. The van der Waals surface area contributed by atoms with Crippen molar-refractivity contribution in [3.63, 3.8) is 0 Å². The minimum Gasteiger partial charge on any atom is -0.493 e. The molecule has 0 saturated heterocycles. The van der Waals surface area contributed by atoms with Gasteiger partial charge in [0.25, 0.3) is 0 Å². The van der Waals surface area contributed by atoms with Crippen molar-refractivity contribution in [2.24, 2.45) is 0 Å². The normalized spacial score (nSPS) is 22.4. The van der Waals surface area contributed by atoms with Gasteiger partial charge in [-0.25, -0.2) is 0 Å². The Hall–Kier alpha value is -1.06. The van der Waals surface area contributed by atoms with E-state index in [9.17, 15) is 0 Å². The predicted molar refractivity (Wildman–Crippen MR) is 68.4 cm³/mol. The highest BCUT2D eigenvalue weighted by molar-refractivity contribution is 5.37. The van der Waals surface area contributed by atoms with Gasteiger partial charge in [0.15, 0.2) is 0 Å². The molecule has 17 heavy (non-hydrogen) atoms. The number of nitrogens with one attached hydrogen (secondary N) is 1. The highest BCUT2D eigenvalue weighted by atomic mass is 16.5. The fourth-order valence-electron chi connectivity index (χ4n) is 2.17. The van der Waals surface area contributed by atoms with Crippen LogP contribution < -0.4 is 10.1 Å². The predicted octanol–water partition coefficient (Wildman–Crippen LogP) is 2.52. The highest BCUT2D eigenvalue weighted by Gasteiger charge is 2.23. The fourth-order valence-corrected chi connectivity index (χ4v) is 2.17. The van der Waals surface area contributed by atoms with Gasteiger partial charge >= 0.3 is 0 Å². The second-order valence-corrected chi connectivity index (χ2v) is 4.62. The summed E-state index contributed by atoms with van der Waals surface area (Å²) in [7, 11) is 1.75. The Kier molecular flexibility index (Phi) is 4.02. The van der Waals surface area contributed by atoms with Crippen molar-refractivity contribution in [3.8, 4) is 5.75 Å². The van der Waals surface area contributed by atoms with Crippen molar-refractivity contribution in [2.75, 3.05) is 13.7 Å². The lowest BCUT2D eigenvalue weighted by Gasteiger charge is -2.31. The molecule has 0 radical (unpaired) electrons. The van der Waals surface area contributed by atoms with E-state index in [0.29, 0.717) is 12.1 Å². The van der Waals surface area contributed by atoms with E-state index in [-0.39, 0.29) is 6.10 Å². The van der Waals surface area contributed by atoms with E-state index in [1.807, 2.05) is 12.1 Å². The van der Waals surface area contributed by atoms with Gasteiger partial charge in [0.05, 0.1) is 12.7 Å². The minimum absolute atomic E-state index is 0.213. The molecule has 0 fully saturated rings. The van der Waals surface area contributed by atoms with Crippen LogP contribution in [0.15, 0.2) is 24.3 Å². The van der Waals surface area contributed by atoms with Crippen molar-refractivity contribution in [1.82, 2.24) is 5.32 Å². The van der Waals surface area contributed by atoms with Crippen molar-refractivity contribution < 1.29 is 9.47 Å². The van der Waals surface area contributed by atoms with Gasteiger partial charge in [0.2, 0.25) is 0 Å². The monoisotopic (exact) mass is 235 g/mol. The number of hydrogen-bond donors (Lipinski definition) is 1. The van der Waals surface area contributed by atoms with Crippen LogP contribution in [0.25, 0.3) is 0 Å². The molecular formula is C14H21NO2. The largest absolute Gasteiger partial charge is 0.493 e. The van der Waals surface area contributed by atoms with Crippen LogP contribution in [0.4, 0.5) is 0 Å². The van der Waals surface area contributed by atoms with E-state index >= 15 is 0 Å². The first-order valence-electron chi connectivity index (χ1n) is 6.23. The van der Waals surface area contributed by atoms with Crippen LogP contribution in [-0.2, 0) is 4.74 Å². The summed E-state index contributed by atoms with van der Waals surface area (Å²) >= 11 is 0. The molecule has 1 aromatic rings. The molecule has 0 spiro atoms. The Bertz CT molecular complexity index is 367. The minimum atomic E-state index is 0.213. The van der Waals surface area contributed by atoms with Gasteiger partial charge in [0.1, 0.15) is 5.75 Å². The summed E-state index contributed by atoms with van der Waals surface area (Å²) < 4.78 is 11.0. The quantitative estimate of drug-likeness (QED) is 0.870. The average Bonchev–Trinajstić information content (AvgIpc) is 2.38. The number of methoxy groups -OCH3 is 1. The second-order valence-electron chi connectivity index (χ2n) is 4.62. The van der Waals surface area contributed by atoms with Gasteiger partial charge in [0, 0.05) is 31.2 Å². The van der Waals surface area contributed by atoms with Gasteiger partial charge < -0.3 is 14.8 Å². The smallest absolute Gasteiger partial charge is 0.124 e. The number of hydrogen-bond acceptors (Lipinski definition) is 3. The molecule has 94 valence electrons. The molecule has 1 aliphatic heterocycles. The lowest BCUT2D eigenvalue weighted by molar-refractivity contribution is 0.0813. The van der Waals surface area contributed by atoms with Crippen LogP contribution in [-0.4, -0.2) is 25.9 Å². The molecule has 1 aromatic carbocycles. The Balaban J connectivity index is 2.08. The van der Waals surface area contributed by atoms with Gasteiger partial charge in [-0.15, -0.1) is 0 Å².